The molecule has 6 nitrogen and oxygen atoms in total. The fraction of sp³-hybridized carbons (Fsp3) is 0.389. The van der Waals surface area contributed by atoms with Crippen molar-refractivity contribution < 1.29 is 14.1 Å². The van der Waals surface area contributed by atoms with E-state index in [9.17, 15) is 9.59 Å². The summed E-state index contributed by atoms with van der Waals surface area (Å²) in [6, 6.07) is 10.7. The highest BCUT2D eigenvalue weighted by Crippen LogP contribution is 2.26. The molecule has 2 aromatic rings. The third-order valence-corrected chi connectivity index (χ3v) is 4.02. The zero-order valence-corrected chi connectivity index (χ0v) is 15.5. The number of aromatic nitrogens is 1. The molecule has 7 heteroatoms. The summed E-state index contributed by atoms with van der Waals surface area (Å²) in [6.45, 7) is 7.16. The predicted octanol–water partition coefficient (Wildman–Crippen LogP) is 3.53. The number of aryl methyl sites for hydroxylation is 1. The van der Waals surface area contributed by atoms with Gasteiger partial charge >= 0.3 is 0 Å². The Kier molecular flexibility index (Phi) is 5.85. The zero-order chi connectivity index (χ0) is 18.6. The molecular weight excluding hydrogens is 342 g/mol. The van der Waals surface area contributed by atoms with Crippen LogP contribution in [-0.4, -0.2) is 34.0 Å². The van der Waals surface area contributed by atoms with E-state index in [1.54, 1.807) is 25.1 Å². The molecule has 134 valence electrons. The first-order valence-electron chi connectivity index (χ1n) is 7.92. The number of hydrogen-bond acceptors (Lipinski definition) is 4. The van der Waals surface area contributed by atoms with Crippen LogP contribution >= 0.6 is 11.6 Å². The van der Waals surface area contributed by atoms with Crippen LogP contribution < -0.4 is 5.32 Å². The summed E-state index contributed by atoms with van der Waals surface area (Å²) >= 11 is 6.35. The van der Waals surface area contributed by atoms with Gasteiger partial charge in [0.2, 0.25) is 11.8 Å². The van der Waals surface area contributed by atoms with E-state index >= 15 is 0 Å². The summed E-state index contributed by atoms with van der Waals surface area (Å²) in [7, 11) is 0. The standard InChI is InChI=1S/C18H22ClN3O3/c1-12-10-14(21-25-12)20-15(23)11-22(18(2,3)4)17(24)16(19)13-8-6-5-7-9-13/h5-10,16H,11H2,1-4H3,(H,20,21,23)/t16-/m0/s1. The average molecular weight is 364 g/mol. The van der Waals surface area contributed by atoms with E-state index in [2.05, 4.69) is 10.5 Å². The molecule has 1 aromatic heterocycles. The molecule has 0 unspecified atom stereocenters. The molecular formula is C18H22ClN3O3. The monoisotopic (exact) mass is 363 g/mol. The van der Waals surface area contributed by atoms with Crippen LogP contribution in [0.25, 0.3) is 0 Å². The molecule has 1 N–H and O–H groups in total. The van der Waals surface area contributed by atoms with Crippen molar-refractivity contribution in [2.45, 2.75) is 38.6 Å². The first kappa shape index (κ1) is 19.0. The lowest BCUT2D eigenvalue weighted by Gasteiger charge is -2.36. The summed E-state index contributed by atoms with van der Waals surface area (Å²) in [5, 5.41) is 5.48. The van der Waals surface area contributed by atoms with Crippen molar-refractivity contribution >= 4 is 29.2 Å². The minimum Gasteiger partial charge on any atom is -0.360 e. The summed E-state index contributed by atoms with van der Waals surface area (Å²) in [4.78, 5) is 26.6. The van der Waals surface area contributed by atoms with E-state index in [0.29, 0.717) is 17.1 Å². The average Bonchev–Trinajstić information content (AvgIpc) is 2.96. The third-order valence-electron chi connectivity index (χ3n) is 3.58. The van der Waals surface area contributed by atoms with Crippen molar-refractivity contribution in [1.82, 2.24) is 10.1 Å². The number of halogens is 1. The van der Waals surface area contributed by atoms with Crippen LogP contribution in [0.15, 0.2) is 40.9 Å². The minimum absolute atomic E-state index is 0.135. The normalized spacial score (nSPS) is 12.5. The number of carbonyl (C=O) groups is 2. The van der Waals surface area contributed by atoms with Gasteiger partial charge in [0.25, 0.3) is 0 Å². The van der Waals surface area contributed by atoms with Crippen molar-refractivity contribution in [3.63, 3.8) is 0 Å². The largest absolute Gasteiger partial charge is 0.360 e. The Labute approximate surface area is 152 Å². The van der Waals surface area contributed by atoms with E-state index in [0.717, 1.165) is 0 Å². The second-order valence-electron chi connectivity index (χ2n) is 6.74. The third kappa shape index (κ3) is 5.06. The van der Waals surface area contributed by atoms with Crippen molar-refractivity contribution in [1.29, 1.82) is 0 Å². The van der Waals surface area contributed by atoms with Crippen molar-refractivity contribution in [2.24, 2.45) is 0 Å². The Hall–Kier alpha value is -2.34. The lowest BCUT2D eigenvalue weighted by Crippen LogP contribution is -2.50. The van der Waals surface area contributed by atoms with Gasteiger partial charge in [-0.1, -0.05) is 35.5 Å². The zero-order valence-electron chi connectivity index (χ0n) is 14.7. The smallest absolute Gasteiger partial charge is 0.246 e. The fourth-order valence-corrected chi connectivity index (χ4v) is 2.56. The van der Waals surface area contributed by atoms with Crippen LogP contribution in [0.1, 0.15) is 37.5 Å². The second-order valence-corrected chi connectivity index (χ2v) is 7.18. The minimum atomic E-state index is -0.859. The topological polar surface area (TPSA) is 75.4 Å². The Morgan fingerprint density at radius 2 is 1.92 bits per heavy atom. The van der Waals surface area contributed by atoms with E-state index in [1.165, 1.54) is 4.90 Å². The van der Waals surface area contributed by atoms with E-state index < -0.39 is 10.9 Å². The molecule has 0 spiro atoms. The summed E-state index contributed by atoms with van der Waals surface area (Å²) < 4.78 is 4.91. The maximum Gasteiger partial charge on any atom is 0.246 e. The highest BCUT2D eigenvalue weighted by Gasteiger charge is 2.33. The highest BCUT2D eigenvalue weighted by molar-refractivity contribution is 6.31. The van der Waals surface area contributed by atoms with E-state index in [1.807, 2.05) is 39.0 Å². The molecule has 1 atom stereocenters. The molecule has 25 heavy (non-hydrogen) atoms. The maximum atomic E-state index is 12.9. The first-order valence-corrected chi connectivity index (χ1v) is 8.36. The fourth-order valence-electron chi connectivity index (χ4n) is 2.30. The number of anilines is 1. The number of hydrogen-bond donors (Lipinski definition) is 1. The van der Waals surface area contributed by atoms with Gasteiger partial charge in [-0.15, -0.1) is 11.6 Å². The van der Waals surface area contributed by atoms with Crippen LogP contribution in [0.4, 0.5) is 5.82 Å². The number of nitrogens with zero attached hydrogens (tertiary/aromatic N) is 2. The van der Waals surface area contributed by atoms with Gasteiger partial charge in [-0.25, -0.2) is 0 Å². The summed E-state index contributed by atoms with van der Waals surface area (Å²) in [6.07, 6.45) is 0. The molecule has 0 aliphatic rings. The van der Waals surface area contributed by atoms with Gasteiger partial charge < -0.3 is 14.7 Å². The molecule has 0 aliphatic heterocycles. The number of carbonyl (C=O) groups excluding carboxylic acids is 2. The highest BCUT2D eigenvalue weighted by atomic mass is 35.5. The predicted molar refractivity (Wildman–Crippen MR) is 96.4 cm³/mol. The van der Waals surface area contributed by atoms with Crippen LogP contribution in [0, 0.1) is 6.92 Å². The van der Waals surface area contributed by atoms with Crippen molar-refractivity contribution in [2.75, 3.05) is 11.9 Å². The molecule has 2 rings (SSSR count). The molecule has 0 saturated carbocycles. The number of nitrogens with one attached hydrogen (secondary N) is 1. The Morgan fingerprint density at radius 1 is 1.28 bits per heavy atom. The summed E-state index contributed by atoms with van der Waals surface area (Å²) in [5.41, 5.74) is 0.117. The van der Waals surface area contributed by atoms with Gasteiger partial charge in [-0.05, 0) is 33.3 Å². The van der Waals surface area contributed by atoms with Gasteiger partial charge in [0.1, 0.15) is 17.7 Å². The molecule has 0 saturated heterocycles. The van der Waals surface area contributed by atoms with Crippen molar-refractivity contribution in [3.8, 4) is 0 Å². The number of rotatable bonds is 5. The van der Waals surface area contributed by atoms with Crippen LogP contribution in [0.3, 0.4) is 0 Å². The number of alkyl halides is 1. The molecule has 0 fully saturated rings. The van der Waals surface area contributed by atoms with Gasteiger partial charge in [0, 0.05) is 11.6 Å². The number of amides is 2. The second kappa shape index (κ2) is 7.70. The van der Waals surface area contributed by atoms with Crippen LogP contribution in [0.2, 0.25) is 0 Å². The molecule has 1 heterocycles. The quantitative estimate of drug-likeness (QED) is 0.824. The van der Waals surface area contributed by atoms with E-state index in [4.69, 9.17) is 16.1 Å². The SMILES string of the molecule is Cc1cc(NC(=O)CN(C(=O)[C@@H](Cl)c2ccccc2)C(C)(C)C)no1. The Morgan fingerprint density at radius 3 is 2.44 bits per heavy atom. The first-order chi connectivity index (χ1) is 11.7. The molecule has 0 radical (unpaired) electrons. The van der Waals surface area contributed by atoms with Crippen LogP contribution in [0.5, 0.6) is 0 Å². The van der Waals surface area contributed by atoms with Gasteiger partial charge in [0.15, 0.2) is 5.82 Å². The summed E-state index contributed by atoms with van der Waals surface area (Å²) in [5.74, 6) is 0.207. The Balaban J connectivity index is 2.13. The van der Waals surface area contributed by atoms with Gasteiger partial charge in [-0.3, -0.25) is 9.59 Å². The lowest BCUT2D eigenvalue weighted by atomic mass is 10.0. The van der Waals surface area contributed by atoms with Crippen LogP contribution in [-0.2, 0) is 9.59 Å². The van der Waals surface area contributed by atoms with Crippen molar-refractivity contribution in [3.05, 3.63) is 47.7 Å². The van der Waals surface area contributed by atoms with E-state index in [-0.39, 0.29) is 18.4 Å². The number of benzene rings is 1. The molecule has 0 aliphatic carbocycles. The Bertz CT molecular complexity index is 738. The lowest BCUT2D eigenvalue weighted by molar-refractivity contribution is -0.139. The molecule has 0 bridgehead atoms. The maximum absolute atomic E-state index is 12.9. The molecule has 2 amide bonds. The van der Waals surface area contributed by atoms with Gasteiger partial charge in [-0.2, -0.15) is 0 Å². The van der Waals surface area contributed by atoms with Gasteiger partial charge in [0.05, 0.1) is 0 Å². The molecule has 1 aromatic carbocycles.